The summed E-state index contributed by atoms with van der Waals surface area (Å²) in [5.74, 6) is 0.336. The SMILES string of the molecule is Cl.OC(COc1ccccc1F)CN1CCC(c2c[nH]c3ccccc23)CC1. The molecule has 1 unspecified atom stereocenters. The number of β-amino-alcohol motifs (C(OH)–C–C–N with tert-alkyl or cyclic N) is 1. The third-order valence-corrected chi connectivity index (χ3v) is 5.39. The molecule has 1 aromatic heterocycles. The molecule has 1 aliphatic rings. The van der Waals surface area contributed by atoms with E-state index in [4.69, 9.17) is 4.74 Å². The maximum Gasteiger partial charge on any atom is 0.165 e. The van der Waals surface area contributed by atoms with Gasteiger partial charge in [-0.25, -0.2) is 4.39 Å². The largest absolute Gasteiger partial charge is 0.488 e. The molecule has 2 aromatic carbocycles. The minimum absolute atomic E-state index is 0. The van der Waals surface area contributed by atoms with E-state index < -0.39 is 11.9 Å². The van der Waals surface area contributed by atoms with Gasteiger partial charge in [0.1, 0.15) is 12.7 Å². The Morgan fingerprint density at radius 2 is 1.82 bits per heavy atom. The van der Waals surface area contributed by atoms with Crippen molar-refractivity contribution in [3.63, 3.8) is 0 Å². The maximum absolute atomic E-state index is 13.6. The number of nitrogens with one attached hydrogen (secondary N) is 1. The van der Waals surface area contributed by atoms with Gasteiger partial charge in [0.25, 0.3) is 0 Å². The average Bonchev–Trinajstić information content (AvgIpc) is 3.12. The van der Waals surface area contributed by atoms with Gasteiger partial charge in [0.2, 0.25) is 0 Å². The molecule has 4 rings (SSSR count). The van der Waals surface area contributed by atoms with Crippen LogP contribution in [0, 0.1) is 5.82 Å². The van der Waals surface area contributed by atoms with Crippen LogP contribution in [0.3, 0.4) is 0 Å². The number of hydrogen-bond acceptors (Lipinski definition) is 3. The van der Waals surface area contributed by atoms with E-state index in [9.17, 15) is 9.50 Å². The molecule has 1 aliphatic heterocycles. The lowest BCUT2D eigenvalue weighted by Crippen LogP contribution is -2.40. The fraction of sp³-hybridized carbons (Fsp3) is 0.364. The van der Waals surface area contributed by atoms with Crippen molar-refractivity contribution in [1.82, 2.24) is 9.88 Å². The van der Waals surface area contributed by atoms with Crippen LogP contribution in [0.5, 0.6) is 5.75 Å². The normalized spacial score (nSPS) is 16.6. The molecule has 2 heterocycles. The van der Waals surface area contributed by atoms with Gasteiger partial charge in [0.05, 0.1) is 0 Å². The summed E-state index contributed by atoms with van der Waals surface area (Å²) in [5.41, 5.74) is 2.59. The summed E-state index contributed by atoms with van der Waals surface area (Å²) in [4.78, 5) is 5.63. The van der Waals surface area contributed by atoms with Crippen LogP contribution in [0.15, 0.2) is 54.7 Å². The number of H-pyrrole nitrogens is 1. The number of ether oxygens (including phenoxy) is 1. The highest BCUT2D eigenvalue weighted by Gasteiger charge is 2.24. The average molecular weight is 405 g/mol. The number of aliphatic hydroxyl groups excluding tert-OH is 1. The van der Waals surface area contributed by atoms with E-state index in [1.54, 1.807) is 18.2 Å². The van der Waals surface area contributed by atoms with Gasteiger partial charge in [-0.3, -0.25) is 0 Å². The number of aliphatic hydroxyl groups is 1. The van der Waals surface area contributed by atoms with E-state index in [0.29, 0.717) is 12.5 Å². The number of piperidine rings is 1. The van der Waals surface area contributed by atoms with Crippen molar-refractivity contribution in [3.8, 4) is 5.75 Å². The highest BCUT2D eigenvalue weighted by atomic mass is 35.5. The number of aromatic amines is 1. The van der Waals surface area contributed by atoms with Crippen LogP contribution in [0.1, 0.15) is 24.3 Å². The van der Waals surface area contributed by atoms with Gasteiger partial charge in [0, 0.05) is 23.6 Å². The van der Waals surface area contributed by atoms with E-state index >= 15 is 0 Å². The Morgan fingerprint density at radius 1 is 1.11 bits per heavy atom. The van der Waals surface area contributed by atoms with Crippen LogP contribution < -0.4 is 4.74 Å². The number of para-hydroxylation sites is 2. The molecule has 0 spiro atoms. The Kier molecular flexibility index (Phi) is 6.94. The van der Waals surface area contributed by atoms with Gasteiger partial charge >= 0.3 is 0 Å². The number of likely N-dealkylation sites (tertiary alicyclic amines) is 1. The van der Waals surface area contributed by atoms with E-state index in [0.717, 1.165) is 25.9 Å². The fourth-order valence-electron chi connectivity index (χ4n) is 3.96. The van der Waals surface area contributed by atoms with Crippen molar-refractivity contribution in [1.29, 1.82) is 0 Å². The summed E-state index contributed by atoms with van der Waals surface area (Å²) < 4.78 is 19.0. The topological polar surface area (TPSA) is 48.5 Å². The second-order valence-corrected chi connectivity index (χ2v) is 7.26. The molecule has 1 saturated heterocycles. The van der Waals surface area contributed by atoms with Crippen LogP contribution in [0.25, 0.3) is 10.9 Å². The van der Waals surface area contributed by atoms with Crippen LogP contribution in [-0.4, -0.2) is 47.3 Å². The van der Waals surface area contributed by atoms with E-state index in [1.807, 2.05) is 0 Å². The maximum atomic E-state index is 13.6. The molecule has 0 saturated carbocycles. The summed E-state index contributed by atoms with van der Waals surface area (Å²) in [6.07, 6.45) is 3.65. The summed E-state index contributed by atoms with van der Waals surface area (Å²) in [6, 6.07) is 14.7. The van der Waals surface area contributed by atoms with Crippen molar-refractivity contribution in [2.24, 2.45) is 0 Å². The lowest BCUT2D eigenvalue weighted by Gasteiger charge is -2.33. The molecule has 1 atom stereocenters. The molecule has 0 amide bonds. The first-order valence-corrected chi connectivity index (χ1v) is 9.54. The third-order valence-electron chi connectivity index (χ3n) is 5.39. The minimum Gasteiger partial charge on any atom is -0.488 e. The predicted molar refractivity (Wildman–Crippen MR) is 112 cm³/mol. The molecule has 1 fully saturated rings. The summed E-state index contributed by atoms with van der Waals surface area (Å²) in [6.45, 7) is 2.54. The molecule has 0 aliphatic carbocycles. The highest BCUT2D eigenvalue weighted by molar-refractivity contribution is 5.85. The monoisotopic (exact) mass is 404 g/mol. The molecule has 28 heavy (non-hydrogen) atoms. The smallest absolute Gasteiger partial charge is 0.165 e. The molecule has 4 nitrogen and oxygen atoms in total. The van der Waals surface area contributed by atoms with Gasteiger partial charge in [-0.05, 0) is 55.6 Å². The van der Waals surface area contributed by atoms with Crippen LogP contribution in [-0.2, 0) is 0 Å². The number of benzene rings is 2. The first-order valence-electron chi connectivity index (χ1n) is 9.54. The highest BCUT2D eigenvalue weighted by Crippen LogP contribution is 2.33. The predicted octanol–water partition coefficient (Wildman–Crippen LogP) is 4.35. The standard InChI is InChI=1S/C22H25FN2O2.ClH/c23-20-6-2-4-8-22(20)27-15-17(26)14-25-11-9-16(10-12-25)19-13-24-21-7-3-1-5-18(19)21;/h1-8,13,16-17,24,26H,9-12,14-15H2;1H. The summed E-state index contributed by atoms with van der Waals surface area (Å²) in [5, 5.41) is 11.6. The second kappa shape index (κ2) is 9.41. The van der Waals surface area contributed by atoms with Gasteiger partial charge in [-0.2, -0.15) is 0 Å². The Morgan fingerprint density at radius 3 is 2.61 bits per heavy atom. The lowest BCUT2D eigenvalue weighted by molar-refractivity contribution is 0.0583. The molecule has 0 radical (unpaired) electrons. The zero-order valence-corrected chi connectivity index (χ0v) is 16.5. The molecule has 6 heteroatoms. The van der Waals surface area contributed by atoms with E-state index in [1.165, 1.54) is 22.5 Å². The Labute approximate surface area is 170 Å². The van der Waals surface area contributed by atoms with Crippen molar-refractivity contribution < 1.29 is 14.2 Å². The van der Waals surface area contributed by atoms with Gasteiger partial charge < -0.3 is 19.7 Å². The van der Waals surface area contributed by atoms with Crippen molar-refractivity contribution >= 4 is 23.3 Å². The molecule has 150 valence electrons. The van der Waals surface area contributed by atoms with Gasteiger partial charge in [-0.1, -0.05) is 30.3 Å². The fourth-order valence-corrected chi connectivity index (χ4v) is 3.96. The number of hydrogen-bond donors (Lipinski definition) is 2. The lowest BCUT2D eigenvalue weighted by atomic mass is 9.89. The molecule has 0 bridgehead atoms. The van der Waals surface area contributed by atoms with Crippen LogP contribution >= 0.6 is 12.4 Å². The van der Waals surface area contributed by atoms with Crippen LogP contribution in [0.4, 0.5) is 4.39 Å². The summed E-state index contributed by atoms with van der Waals surface area (Å²) >= 11 is 0. The zero-order valence-electron chi connectivity index (χ0n) is 15.7. The van der Waals surface area contributed by atoms with Crippen molar-refractivity contribution in [2.45, 2.75) is 24.9 Å². The zero-order chi connectivity index (χ0) is 18.6. The molecule has 3 aromatic rings. The van der Waals surface area contributed by atoms with Crippen LogP contribution in [0.2, 0.25) is 0 Å². The Bertz CT molecular complexity index is 893. The molecular formula is C22H26ClFN2O2. The number of rotatable bonds is 6. The first kappa shape index (κ1) is 20.6. The Hall–Kier alpha value is -2.08. The first-order chi connectivity index (χ1) is 13.2. The number of halogens is 2. The van der Waals surface area contributed by atoms with E-state index in [2.05, 4.69) is 40.3 Å². The minimum atomic E-state index is -0.630. The van der Waals surface area contributed by atoms with Crippen molar-refractivity contribution in [3.05, 3.63) is 66.1 Å². The van der Waals surface area contributed by atoms with E-state index in [-0.39, 0.29) is 24.8 Å². The number of nitrogens with zero attached hydrogens (tertiary/aromatic N) is 1. The van der Waals surface area contributed by atoms with Gasteiger partial charge in [0.15, 0.2) is 11.6 Å². The van der Waals surface area contributed by atoms with Gasteiger partial charge in [-0.15, -0.1) is 12.4 Å². The summed E-state index contributed by atoms with van der Waals surface area (Å²) in [7, 11) is 0. The second-order valence-electron chi connectivity index (χ2n) is 7.26. The number of fused-ring (bicyclic) bond motifs is 1. The quantitative estimate of drug-likeness (QED) is 0.642. The third kappa shape index (κ3) is 4.66. The van der Waals surface area contributed by atoms with Crippen molar-refractivity contribution in [2.75, 3.05) is 26.2 Å². The molecular weight excluding hydrogens is 379 g/mol. The number of aromatic nitrogens is 1. The molecule has 2 N–H and O–H groups in total. The Balaban J connectivity index is 0.00000225.